The van der Waals surface area contributed by atoms with Gasteiger partial charge < -0.3 is 4.74 Å². The molecule has 0 spiro atoms. The predicted octanol–water partition coefficient (Wildman–Crippen LogP) is 4.25. The van der Waals surface area contributed by atoms with Crippen molar-refractivity contribution in [2.75, 3.05) is 6.61 Å². The summed E-state index contributed by atoms with van der Waals surface area (Å²) in [6, 6.07) is 6.82. The van der Waals surface area contributed by atoms with Crippen LogP contribution in [-0.2, 0) is 10.8 Å². The molecule has 102 valence electrons. The first-order valence-corrected chi connectivity index (χ1v) is 6.97. The molecule has 2 rings (SSSR count). The molecule has 1 aliphatic heterocycles. The average Bonchev–Trinajstić information content (AvgIpc) is 2.48. The van der Waals surface area contributed by atoms with E-state index in [-0.39, 0.29) is 5.41 Å². The van der Waals surface area contributed by atoms with Crippen molar-refractivity contribution in [3.63, 3.8) is 0 Å². The van der Waals surface area contributed by atoms with Gasteiger partial charge in [0.25, 0.3) is 0 Å². The largest absolute Gasteiger partial charge is 0.493 e. The van der Waals surface area contributed by atoms with Gasteiger partial charge in [-0.25, -0.2) is 0 Å². The van der Waals surface area contributed by atoms with E-state index in [2.05, 4.69) is 45.9 Å². The molecule has 0 N–H and O–H groups in total. The molecule has 1 aliphatic rings. The van der Waals surface area contributed by atoms with Crippen LogP contribution in [0, 0.1) is 18.3 Å². The molecule has 1 heterocycles. The summed E-state index contributed by atoms with van der Waals surface area (Å²) in [4.78, 5) is 0. The highest BCUT2D eigenvalue weighted by atomic mass is 16.5. The Labute approximate surface area is 116 Å². The monoisotopic (exact) mass is 257 g/mol. The SMILES string of the molecule is Cc1cc(C(C)(C)C)c2c(c1)C(C)(C#N)CCCO2. The van der Waals surface area contributed by atoms with E-state index in [1.807, 2.05) is 6.92 Å². The summed E-state index contributed by atoms with van der Waals surface area (Å²) in [5.74, 6) is 0.944. The van der Waals surface area contributed by atoms with Gasteiger partial charge in [0.15, 0.2) is 0 Å². The van der Waals surface area contributed by atoms with Gasteiger partial charge in [-0.2, -0.15) is 5.26 Å². The number of fused-ring (bicyclic) bond motifs is 1. The highest BCUT2D eigenvalue weighted by Gasteiger charge is 2.35. The van der Waals surface area contributed by atoms with E-state index in [4.69, 9.17) is 4.74 Å². The van der Waals surface area contributed by atoms with Crippen LogP contribution in [0.4, 0.5) is 0 Å². The lowest BCUT2D eigenvalue weighted by atomic mass is 9.75. The number of aryl methyl sites for hydroxylation is 1. The van der Waals surface area contributed by atoms with Gasteiger partial charge in [-0.15, -0.1) is 0 Å². The molecule has 1 aromatic carbocycles. The minimum absolute atomic E-state index is 0.0246. The number of nitriles is 1. The highest BCUT2D eigenvalue weighted by molar-refractivity contribution is 5.53. The van der Waals surface area contributed by atoms with E-state index in [0.29, 0.717) is 6.61 Å². The topological polar surface area (TPSA) is 33.0 Å². The Bertz CT molecular complexity index is 533. The van der Waals surface area contributed by atoms with Crippen molar-refractivity contribution in [3.8, 4) is 11.8 Å². The first kappa shape index (κ1) is 13.9. The third-order valence-electron chi connectivity index (χ3n) is 3.95. The summed E-state index contributed by atoms with van der Waals surface area (Å²) in [7, 11) is 0. The van der Waals surface area contributed by atoms with E-state index in [1.54, 1.807) is 0 Å². The van der Waals surface area contributed by atoms with Crippen molar-refractivity contribution in [2.45, 2.75) is 58.3 Å². The Morgan fingerprint density at radius 3 is 2.58 bits per heavy atom. The van der Waals surface area contributed by atoms with Crippen molar-refractivity contribution in [2.24, 2.45) is 0 Å². The number of hydrogen-bond donors (Lipinski definition) is 0. The average molecular weight is 257 g/mol. The molecule has 0 aliphatic carbocycles. The predicted molar refractivity (Wildman–Crippen MR) is 77.6 cm³/mol. The zero-order valence-electron chi connectivity index (χ0n) is 12.6. The van der Waals surface area contributed by atoms with Crippen LogP contribution in [0.2, 0.25) is 0 Å². The van der Waals surface area contributed by atoms with Crippen molar-refractivity contribution < 1.29 is 4.74 Å². The van der Waals surface area contributed by atoms with Gasteiger partial charge in [-0.3, -0.25) is 0 Å². The molecule has 1 aromatic rings. The van der Waals surface area contributed by atoms with Crippen LogP contribution < -0.4 is 4.74 Å². The highest BCUT2D eigenvalue weighted by Crippen LogP contribution is 2.44. The van der Waals surface area contributed by atoms with Gasteiger partial charge in [-0.05, 0) is 32.1 Å². The fraction of sp³-hybridized carbons (Fsp3) is 0.588. The van der Waals surface area contributed by atoms with Crippen LogP contribution in [0.3, 0.4) is 0 Å². The van der Waals surface area contributed by atoms with Crippen LogP contribution in [0.5, 0.6) is 5.75 Å². The number of rotatable bonds is 0. The van der Waals surface area contributed by atoms with Crippen molar-refractivity contribution in [1.82, 2.24) is 0 Å². The molecule has 2 heteroatoms. The Morgan fingerprint density at radius 1 is 1.32 bits per heavy atom. The van der Waals surface area contributed by atoms with Crippen LogP contribution in [0.15, 0.2) is 12.1 Å². The minimum Gasteiger partial charge on any atom is -0.493 e. The fourth-order valence-electron chi connectivity index (χ4n) is 2.75. The Balaban J connectivity index is 2.74. The molecule has 1 atom stereocenters. The summed E-state index contributed by atoms with van der Waals surface area (Å²) in [5.41, 5.74) is 3.08. The third-order valence-corrected chi connectivity index (χ3v) is 3.95. The lowest BCUT2D eigenvalue weighted by Crippen LogP contribution is -2.21. The standard InChI is InChI=1S/C17H23NO/c1-12-9-13(16(2,3)4)15-14(10-12)17(5,11-18)7-6-8-19-15/h9-10H,6-8H2,1-5H3. The van der Waals surface area contributed by atoms with Crippen LogP contribution in [-0.4, -0.2) is 6.61 Å². The molecule has 19 heavy (non-hydrogen) atoms. The summed E-state index contributed by atoms with van der Waals surface area (Å²) in [5, 5.41) is 9.60. The van der Waals surface area contributed by atoms with Gasteiger partial charge in [0.2, 0.25) is 0 Å². The Morgan fingerprint density at radius 2 is 2.00 bits per heavy atom. The molecule has 1 unspecified atom stereocenters. The molecular weight excluding hydrogens is 234 g/mol. The van der Waals surface area contributed by atoms with Gasteiger partial charge in [0.1, 0.15) is 5.75 Å². The maximum Gasteiger partial charge on any atom is 0.127 e. The molecule has 0 saturated carbocycles. The van der Waals surface area contributed by atoms with Gasteiger partial charge in [0.05, 0.1) is 18.1 Å². The summed E-state index contributed by atoms with van der Waals surface area (Å²) in [6.07, 6.45) is 1.80. The number of hydrogen-bond acceptors (Lipinski definition) is 2. The van der Waals surface area contributed by atoms with Gasteiger partial charge in [-0.1, -0.05) is 38.5 Å². The quantitative estimate of drug-likeness (QED) is 0.696. The zero-order chi connectivity index (χ0) is 14.3. The Hall–Kier alpha value is -1.49. The molecule has 0 amide bonds. The summed E-state index contributed by atoms with van der Waals surface area (Å²) < 4.78 is 6.01. The maximum absolute atomic E-state index is 9.60. The molecule has 0 saturated heterocycles. The van der Waals surface area contributed by atoms with E-state index < -0.39 is 5.41 Å². The van der Waals surface area contributed by atoms with Crippen LogP contribution in [0.25, 0.3) is 0 Å². The van der Waals surface area contributed by atoms with E-state index >= 15 is 0 Å². The van der Waals surface area contributed by atoms with E-state index in [1.165, 1.54) is 11.1 Å². The molecule has 0 aromatic heterocycles. The Kier molecular flexibility index (Phi) is 3.34. The smallest absolute Gasteiger partial charge is 0.127 e. The molecule has 0 bridgehead atoms. The number of ether oxygens (including phenoxy) is 1. The molecular formula is C17H23NO. The summed E-state index contributed by atoms with van der Waals surface area (Å²) in [6.45, 7) is 11.4. The summed E-state index contributed by atoms with van der Waals surface area (Å²) >= 11 is 0. The second-order valence-electron chi connectivity index (χ2n) is 6.84. The van der Waals surface area contributed by atoms with Crippen molar-refractivity contribution >= 4 is 0 Å². The maximum atomic E-state index is 9.60. The van der Waals surface area contributed by atoms with Gasteiger partial charge >= 0.3 is 0 Å². The van der Waals surface area contributed by atoms with Crippen molar-refractivity contribution in [3.05, 3.63) is 28.8 Å². The van der Waals surface area contributed by atoms with Crippen LogP contribution >= 0.6 is 0 Å². The molecule has 0 fully saturated rings. The first-order valence-electron chi connectivity index (χ1n) is 6.97. The minimum atomic E-state index is -0.433. The van der Waals surface area contributed by atoms with Crippen molar-refractivity contribution in [1.29, 1.82) is 5.26 Å². The van der Waals surface area contributed by atoms with E-state index in [0.717, 1.165) is 24.2 Å². The molecule has 0 radical (unpaired) electrons. The second-order valence-corrected chi connectivity index (χ2v) is 6.84. The normalized spacial score (nSPS) is 22.9. The second kappa shape index (κ2) is 4.56. The lowest BCUT2D eigenvalue weighted by molar-refractivity contribution is 0.307. The van der Waals surface area contributed by atoms with Crippen LogP contribution in [0.1, 0.15) is 57.2 Å². The van der Waals surface area contributed by atoms with E-state index in [9.17, 15) is 5.26 Å². The lowest BCUT2D eigenvalue weighted by Gasteiger charge is -2.28. The first-order chi connectivity index (χ1) is 8.78. The third kappa shape index (κ3) is 2.47. The van der Waals surface area contributed by atoms with Gasteiger partial charge in [0, 0.05) is 11.1 Å². The molecule has 2 nitrogen and oxygen atoms in total. The fourth-order valence-corrected chi connectivity index (χ4v) is 2.75. The number of benzene rings is 1. The zero-order valence-corrected chi connectivity index (χ0v) is 12.6. The number of nitrogens with zero attached hydrogens (tertiary/aromatic N) is 1.